The first-order chi connectivity index (χ1) is 14.8. The van der Waals surface area contributed by atoms with Gasteiger partial charge in [0, 0.05) is 31.1 Å². The maximum Gasteiger partial charge on any atom is 0.0660 e. The minimum Gasteiger partial charge on any atom is -0.309 e. The van der Waals surface area contributed by atoms with Crippen LogP contribution in [0.15, 0.2) is 97.1 Å². The quantitative estimate of drug-likeness (QED) is 0.200. The number of hydrogen-bond donors (Lipinski definition) is 0. The van der Waals surface area contributed by atoms with E-state index in [1.54, 1.807) is 0 Å². The standard InChI is InChI=1S/C26H16INS2/c27-26-15-14-25(30-26)24-13-12-23(29-24)17-6-5-7-18(16-17)28-21-10-3-1-8-19(21)20-9-2-4-11-22(20)28/h1-16H. The molecule has 6 aromatic rings. The van der Waals surface area contributed by atoms with Crippen molar-refractivity contribution < 1.29 is 0 Å². The molecule has 0 atom stereocenters. The summed E-state index contributed by atoms with van der Waals surface area (Å²) in [6, 6.07) is 35.1. The van der Waals surface area contributed by atoms with Gasteiger partial charge in [-0.3, -0.25) is 0 Å². The van der Waals surface area contributed by atoms with E-state index in [0.717, 1.165) is 0 Å². The second-order valence-electron chi connectivity index (χ2n) is 7.19. The highest BCUT2D eigenvalue weighted by atomic mass is 127. The van der Waals surface area contributed by atoms with E-state index < -0.39 is 0 Å². The molecule has 1 nitrogen and oxygen atoms in total. The predicted octanol–water partition coefficient (Wildman–Crippen LogP) is 8.85. The Morgan fingerprint density at radius 2 is 1.20 bits per heavy atom. The van der Waals surface area contributed by atoms with E-state index in [0.29, 0.717) is 0 Å². The highest BCUT2D eigenvalue weighted by Gasteiger charge is 2.13. The maximum atomic E-state index is 2.39. The number of aromatic nitrogens is 1. The molecule has 0 amide bonds. The van der Waals surface area contributed by atoms with Gasteiger partial charge in [0.25, 0.3) is 0 Å². The van der Waals surface area contributed by atoms with Gasteiger partial charge in [-0.25, -0.2) is 0 Å². The summed E-state index contributed by atoms with van der Waals surface area (Å²) in [5.41, 5.74) is 4.95. The summed E-state index contributed by atoms with van der Waals surface area (Å²) in [5, 5.41) is 2.59. The van der Waals surface area contributed by atoms with Gasteiger partial charge < -0.3 is 4.57 Å². The van der Waals surface area contributed by atoms with Crippen molar-refractivity contribution in [2.24, 2.45) is 0 Å². The van der Waals surface area contributed by atoms with E-state index >= 15 is 0 Å². The van der Waals surface area contributed by atoms with E-state index in [1.165, 1.54) is 50.6 Å². The molecule has 0 spiro atoms. The Hall–Kier alpha value is -2.41. The molecule has 6 rings (SSSR count). The molecule has 0 bridgehead atoms. The number of rotatable bonds is 3. The fourth-order valence-electron chi connectivity index (χ4n) is 4.07. The van der Waals surface area contributed by atoms with Crippen LogP contribution in [0.5, 0.6) is 0 Å². The number of thiophene rings is 2. The fraction of sp³-hybridized carbons (Fsp3) is 0. The Morgan fingerprint density at radius 3 is 1.90 bits per heavy atom. The van der Waals surface area contributed by atoms with Crippen LogP contribution in [0.25, 0.3) is 47.7 Å². The molecule has 0 saturated heterocycles. The van der Waals surface area contributed by atoms with Crippen molar-refractivity contribution in [2.75, 3.05) is 0 Å². The largest absolute Gasteiger partial charge is 0.309 e. The van der Waals surface area contributed by atoms with Gasteiger partial charge in [-0.15, -0.1) is 22.7 Å². The van der Waals surface area contributed by atoms with Gasteiger partial charge >= 0.3 is 0 Å². The lowest BCUT2D eigenvalue weighted by Crippen LogP contribution is -1.93. The van der Waals surface area contributed by atoms with Crippen molar-refractivity contribution in [3.05, 3.63) is 99.9 Å². The van der Waals surface area contributed by atoms with Gasteiger partial charge in [0.15, 0.2) is 0 Å². The van der Waals surface area contributed by atoms with Crippen LogP contribution in [0.3, 0.4) is 0 Å². The molecule has 30 heavy (non-hydrogen) atoms. The Bertz CT molecular complexity index is 1470. The molecule has 0 fully saturated rings. The molecule has 0 radical (unpaired) electrons. The lowest BCUT2D eigenvalue weighted by atomic mass is 10.1. The van der Waals surface area contributed by atoms with Crippen molar-refractivity contribution in [1.29, 1.82) is 0 Å². The molecule has 0 aliphatic carbocycles. The average molecular weight is 533 g/mol. The molecule has 0 aliphatic rings. The minimum atomic E-state index is 1.20. The van der Waals surface area contributed by atoms with Gasteiger partial charge in [0.05, 0.1) is 13.9 Å². The van der Waals surface area contributed by atoms with Gasteiger partial charge in [-0.05, 0) is 76.7 Å². The van der Waals surface area contributed by atoms with E-state index in [2.05, 4.69) is 124 Å². The molecule has 0 aliphatic heterocycles. The van der Waals surface area contributed by atoms with Gasteiger partial charge in [-0.1, -0.05) is 48.5 Å². The maximum absolute atomic E-state index is 2.39. The van der Waals surface area contributed by atoms with Crippen LogP contribution < -0.4 is 0 Å². The zero-order valence-electron chi connectivity index (χ0n) is 15.9. The third-order valence-electron chi connectivity index (χ3n) is 5.39. The highest BCUT2D eigenvalue weighted by Crippen LogP contribution is 2.39. The topological polar surface area (TPSA) is 4.93 Å². The number of nitrogens with zero attached hydrogens (tertiary/aromatic N) is 1. The zero-order chi connectivity index (χ0) is 20.1. The summed E-state index contributed by atoms with van der Waals surface area (Å²) >= 11 is 6.10. The van der Waals surface area contributed by atoms with E-state index in [9.17, 15) is 0 Å². The summed E-state index contributed by atoms with van der Waals surface area (Å²) < 4.78 is 3.70. The first-order valence-corrected chi connectivity index (χ1v) is 12.4. The Kier molecular flexibility index (Phi) is 4.52. The third kappa shape index (κ3) is 3.02. The molecule has 144 valence electrons. The lowest BCUT2D eigenvalue weighted by Gasteiger charge is -2.09. The number of para-hydroxylation sites is 2. The van der Waals surface area contributed by atoms with E-state index in [-0.39, 0.29) is 0 Å². The monoisotopic (exact) mass is 533 g/mol. The smallest absolute Gasteiger partial charge is 0.0660 e. The second kappa shape index (κ2) is 7.38. The summed E-state index contributed by atoms with van der Waals surface area (Å²) in [6.07, 6.45) is 0. The second-order valence-corrected chi connectivity index (χ2v) is 11.2. The van der Waals surface area contributed by atoms with Crippen LogP contribution in [0.1, 0.15) is 0 Å². The molecule has 3 heterocycles. The minimum absolute atomic E-state index is 1.20. The summed E-state index contributed by atoms with van der Waals surface area (Å²) in [5.74, 6) is 0. The van der Waals surface area contributed by atoms with Crippen LogP contribution >= 0.6 is 45.3 Å². The molecule has 0 unspecified atom stereocenters. The van der Waals surface area contributed by atoms with E-state index in [1.807, 2.05) is 22.7 Å². The van der Waals surface area contributed by atoms with Crippen molar-refractivity contribution >= 4 is 67.1 Å². The van der Waals surface area contributed by atoms with Crippen LogP contribution in [0, 0.1) is 2.88 Å². The molecular formula is C26H16INS2. The van der Waals surface area contributed by atoms with Crippen molar-refractivity contribution in [3.63, 3.8) is 0 Å². The van der Waals surface area contributed by atoms with Crippen LogP contribution in [0.2, 0.25) is 0 Å². The number of fused-ring (bicyclic) bond motifs is 3. The van der Waals surface area contributed by atoms with Crippen LogP contribution in [-0.2, 0) is 0 Å². The zero-order valence-corrected chi connectivity index (χ0v) is 19.7. The molecule has 4 heteroatoms. The Balaban J connectivity index is 1.51. The number of halogens is 1. The molecule has 0 N–H and O–H groups in total. The fourth-order valence-corrected chi connectivity index (χ4v) is 6.79. The van der Waals surface area contributed by atoms with Crippen LogP contribution in [0.4, 0.5) is 0 Å². The first-order valence-electron chi connectivity index (χ1n) is 9.72. The highest BCUT2D eigenvalue weighted by molar-refractivity contribution is 14.1. The average Bonchev–Trinajstić information content (AvgIpc) is 3.51. The molecule has 3 aromatic carbocycles. The number of hydrogen-bond acceptors (Lipinski definition) is 2. The Morgan fingerprint density at radius 1 is 0.567 bits per heavy atom. The summed E-state index contributed by atoms with van der Waals surface area (Å²) in [7, 11) is 0. The van der Waals surface area contributed by atoms with Gasteiger partial charge in [-0.2, -0.15) is 0 Å². The Labute approximate surface area is 196 Å². The molecule has 0 saturated carbocycles. The van der Waals surface area contributed by atoms with Gasteiger partial charge in [0.2, 0.25) is 0 Å². The predicted molar refractivity (Wildman–Crippen MR) is 140 cm³/mol. The third-order valence-corrected chi connectivity index (χ3v) is 8.61. The summed E-state index contributed by atoms with van der Waals surface area (Å²) in [6.45, 7) is 0. The lowest BCUT2D eigenvalue weighted by molar-refractivity contribution is 1.18. The van der Waals surface area contributed by atoms with E-state index in [4.69, 9.17) is 0 Å². The summed E-state index contributed by atoms with van der Waals surface area (Å²) in [4.78, 5) is 3.98. The van der Waals surface area contributed by atoms with Crippen molar-refractivity contribution in [3.8, 4) is 25.9 Å². The number of benzene rings is 3. The van der Waals surface area contributed by atoms with Crippen LogP contribution in [-0.4, -0.2) is 4.57 Å². The molecular weight excluding hydrogens is 517 g/mol. The molecule has 3 aromatic heterocycles. The van der Waals surface area contributed by atoms with Crippen molar-refractivity contribution in [1.82, 2.24) is 4.57 Å². The van der Waals surface area contributed by atoms with Crippen molar-refractivity contribution in [2.45, 2.75) is 0 Å². The first kappa shape index (κ1) is 18.4. The normalized spacial score (nSPS) is 11.5. The van der Waals surface area contributed by atoms with Gasteiger partial charge in [0.1, 0.15) is 0 Å². The SMILES string of the molecule is Ic1ccc(-c2ccc(-c3cccc(-n4c5ccccc5c5ccccc54)c3)s2)s1.